The van der Waals surface area contributed by atoms with Gasteiger partial charge >= 0.3 is 0 Å². The van der Waals surface area contributed by atoms with E-state index >= 15 is 0 Å². The molecule has 0 aliphatic carbocycles. The summed E-state index contributed by atoms with van der Waals surface area (Å²) in [5, 5.41) is 8.45. The average molecular weight is 444 g/mol. The minimum absolute atomic E-state index is 0.609. The second-order valence-corrected chi connectivity index (χ2v) is 8.66. The molecule has 0 spiro atoms. The van der Waals surface area contributed by atoms with E-state index < -0.39 is 0 Å². The lowest BCUT2D eigenvalue weighted by molar-refractivity contribution is 0.136. The fourth-order valence-electron chi connectivity index (χ4n) is 3.97. The first-order valence-electron chi connectivity index (χ1n) is 11.3. The van der Waals surface area contributed by atoms with Gasteiger partial charge in [-0.3, -0.25) is 0 Å². The molecule has 0 bridgehead atoms. The normalized spacial score (nSPS) is 15.2. The molecule has 1 aromatic carbocycles. The van der Waals surface area contributed by atoms with Gasteiger partial charge in [-0.25, -0.2) is 4.98 Å². The number of anilines is 2. The second kappa shape index (κ2) is 11.6. The standard InChI is InChI=1S/C23H37N7S/c1-4-29-12-14-30(15-13-29)10-5-9-25-23(31)26-19-6-7-21-20(17-19)18(2)16-22(27-21)28(3)11-8-24/h6-7,16-17H,4-5,8-15,24H2,1-3H3,(H2,25,26,31). The first kappa shape index (κ1) is 23.7. The van der Waals surface area contributed by atoms with Gasteiger partial charge in [0.25, 0.3) is 0 Å². The molecule has 1 aliphatic rings. The Morgan fingerprint density at radius 3 is 2.65 bits per heavy atom. The summed E-state index contributed by atoms with van der Waals surface area (Å²) in [6.45, 7) is 13.6. The molecule has 8 heteroatoms. The number of piperazine rings is 1. The zero-order chi connectivity index (χ0) is 22.2. The van der Waals surface area contributed by atoms with Crippen LogP contribution < -0.4 is 21.3 Å². The lowest BCUT2D eigenvalue weighted by Gasteiger charge is -2.34. The minimum Gasteiger partial charge on any atom is -0.362 e. The molecule has 1 aliphatic heterocycles. The van der Waals surface area contributed by atoms with Crippen molar-refractivity contribution >= 4 is 39.7 Å². The van der Waals surface area contributed by atoms with Gasteiger partial charge in [-0.15, -0.1) is 0 Å². The Hall–Kier alpha value is -2.00. The van der Waals surface area contributed by atoms with Crippen LogP contribution >= 0.6 is 12.2 Å². The molecule has 0 atom stereocenters. The number of aryl methyl sites for hydroxylation is 1. The summed E-state index contributed by atoms with van der Waals surface area (Å²) in [6, 6.07) is 8.30. The maximum atomic E-state index is 5.68. The van der Waals surface area contributed by atoms with Crippen molar-refractivity contribution in [1.82, 2.24) is 20.1 Å². The van der Waals surface area contributed by atoms with E-state index in [9.17, 15) is 0 Å². The van der Waals surface area contributed by atoms with Gasteiger partial charge in [0, 0.05) is 63.9 Å². The summed E-state index contributed by atoms with van der Waals surface area (Å²) < 4.78 is 0. The summed E-state index contributed by atoms with van der Waals surface area (Å²) in [5.41, 5.74) is 8.82. The number of aromatic nitrogens is 1. The van der Waals surface area contributed by atoms with Gasteiger partial charge in [0.2, 0.25) is 0 Å². The number of benzene rings is 1. The summed E-state index contributed by atoms with van der Waals surface area (Å²) in [4.78, 5) is 11.9. The summed E-state index contributed by atoms with van der Waals surface area (Å²) >= 11 is 5.50. The number of hydrogen-bond donors (Lipinski definition) is 3. The maximum absolute atomic E-state index is 5.68. The number of likely N-dealkylation sites (N-methyl/N-ethyl adjacent to an activating group) is 2. The fraction of sp³-hybridized carbons (Fsp3) is 0.565. The van der Waals surface area contributed by atoms with Gasteiger partial charge in [-0.1, -0.05) is 6.92 Å². The Balaban J connectivity index is 1.48. The molecule has 1 aromatic heterocycles. The van der Waals surface area contributed by atoms with Gasteiger partial charge in [0.1, 0.15) is 5.82 Å². The molecule has 0 unspecified atom stereocenters. The predicted octanol–water partition coefficient (Wildman–Crippen LogP) is 2.25. The molecule has 3 rings (SSSR count). The molecule has 7 nitrogen and oxygen atoms in total. The zero-order valence-electron chi connectivity index (χ0n) is 19.2. The van der Waals surface area contributed by atoms with E-state index in [0.29, 0.717) is 11.7 Å². The van der Waals surface area contributed by atoms with Crippen LogP contribution in [0.15, 0.2) is 24.3 Å². The van der Waals surface area contributed by atoms with Crippen LogP contribution in [0, 0.1) is 6.92 Å². The van der Waals surface area contributed by atoms with Crippen LogP contribution in [0.2, 0.25) is 0 Å². The Bertz CT molecular complexity index is 864. The SMILES string of the molecule is CCN1CCN(CCCNC(=S)Nc2ccc3nc(N(C)CCN)cc(C)c3c2)CC1. The number of hydrogen-bond acceptors (Lipinski definition) is 6. The molecule has 170 valence electrons. The van der Waals surface area contributed by atoms with Gasteiger partial charge in [-0.05, 0) is 68.5 Å². The van der Waals surface area contributed by atoms with Crippen molar-refractivity contribution in [3.05, 3.63) is 29.8 Å². The minimum atomic E-state index is 0.609. The van der Waals surface area contributed by atoms with E-state index in [2.05, 4.69) is 51.3 Å². The molecule has 2 heterocycles. The van der Waals surface area contributed by atoms with Gasteiger partial charge in [0.05, 0.1) is 5.52 Å². The maximum Gasteiger partial charge on any atom is 0.170 e. The van der Waals surface area contributed by atoms with Crippen LogP contribution in [0.4, 0.5) is 11.5 Å². The summed E-state index contributed by atoms with van der Waals surface area (Å²) in [7, 11) is 2.02. The first-order valence-corrected chi connectivity index (χ1v) is 11.7. The van der Waals surface area contributed by atoms with Crippen LogP contribution in [-0.4, -0.2) is 85.8 Å². The van der Waals surface area contributed by atoms with Crippen molar-refractivity contribution < 1.29 is 0 Å². The van der Waals surface area contributed by atoms with E-state index in [4.69, 9.17) is 22.9 Å². The lowest BCUT2D eigenvalue weighted by atomic mass is 10.1. The van der Waals surface area contributed by atoms with Crippen molar-refractivity contribution in [1.29, 1.82) is 0 Å². The second-order valence-electron chi connectivity index (χ2n) is 8.25. The van der Waals surface area contributed by atoms with Gasteiger partial charge in [-0.2, -0.15) is 0 Å². The van der Waals surface area contributed by atoms with E-state index in [-0.39, 0.29) is 0 Å². The molecule has 0 saturated carbocycles. The van der Waals surface area contributed by atoms with Gasteiger partial charge in [0.15, 0.2) is 5.11 Å². The van der Waals surface area contributed by atoms with Crippen molar-refractivity contribution in [2.45, 2.75) is 20.3 Å². The van der Waals surface area contributed by atoms with Crippen LogP contribution in [-0.2, 0) is 0 Å². The Morgan fingerprint density at radius 2 is 1.94 bits per heavy atom. The highest BCUT2D eigenvalue weighted by Crippen LogP contribution is 2.25. The number of nitrogens with one attached hydrogen (secondary N) is 2. The van der Waals surface area contributed by atoms with Crippen LogP contribution in [0.5, 0.6) is 0 Å². The van der Waals surface area contributed by atoms with Crippen LogP contribution in [0.1, 0.15) is 18.9 Å². The molecule has 1 fully saturated rings. The molecular formula is C23H37N7S. The zero-order valence-corrected chi connectivity index (χ0v) is 20.0. The third-order valence-electron chi connectivity index (χ3n) is 5.96. The summed E-state index contributed by atoms with van der Waals surface area (Å²) in [5.74, 6) is 0.949. The molecule has 0 amide bonds. The first-order chi connectivity index (χ1) is 15.0. The molecule has 31 heavy (non-hydrogen) atoms. The summed E-state index contributed by atoms with van der Waals surface area (Å²) in [6.07, 6.45) is 1.09. The fourth-order valence-corrected chi connectivity index (χ4v) is 4.19. The Morgan fingerprint density at radius 1 is 1.19 bits per heavy atom. The topological polar surface area (TPSA) is 72.7 Å². The Kier molecular flexibility index (Phi) is 8.83. The van der Waals surface area contributed by atoms with Crippen LogP contribution in [0.3, 0.4) is 0 Å². The number of pyridine rings is 1. The predicted molar refractivity (Wildman–Crippen MR) is 136 cm³/mol. The van der Waals surface area contributed by atoms with E-state index in [1.54, 1.807) is 0 Å². The van der Waals surface area contributed by atoms with Crippen molar-refractivity contribution in [2.75, 3.05) is 76.2 Å². The molecule has 1 saturated heterocycles. The molecule has 4 N–H and O–H groups in total. The van der Waals surface area contributed by atoms with E-state index in [1.807, 2.05) is 19.2 Å². The van der Waals surface area contributed by atoms with Gasteiger partial charge < -0.3 is 31.1 Å². The molecule has 0 radical (unpaired) electrons. The van der Waals surface area contributed by atoms with Crippen LogP contribution in [0.25, 0.3) is 10.9 Å². The highest BCUT2D eigenvalue weighted by Gasteiger charge is 2.14. The quantitative estimate of drug-likeness (QED) is 0.403. The number of nitrogens with zero attached hydrogens (tertiary/aromatic N) is 4. The monoisotopic (exact) mass is 443 g/mol. The molecular weight excluding hydrogens is 406 g/mol. The number of fused-ring (bicyclic) bond motifs is 1. The Labute approximate surface area is 192 Å². The number of rotatable bonds is 9. The lowest BCUT2D eigenvalue weighted by Crippen LogP contribution is -2.46. The smallest absolute Gasteiger partial charge is 0.170 e. The number of nitrogens with two attached hydrogens (primary N) is 1. The van der Waals surface area contributed by atoms with Crippen molar-refractivity contribution in [2.24, 2.45) is 5.73 Å². The van der Waals surface area contributed by atoms with E-state index in [1.165, 1.54) is 31.7 Å². The highest BCUT2D eigenvalue weighted by atomic mass is 32.1. The average Bonchev–Trinajstić information content (AvgIpc) is 2.77. The van der Waals surface area contributed by atoms with Crippen molar-refractivity contribution in [3.8, 4) is 0 Å². The third-order valence-corrected chi connectivity index (χ3v) is 6.21. The highest BCUT2D eigenvalue weighted by molar-refractivity contribution is 7.80. The molecule has 2 aromatic rings. The number of thiocarbonyl (C=S) groups is 1. The largest absolute Gasteiger partial charge is 0.362 e. The van der Waals surface area contributed by atoms with Crippen molar-refractivity contribution in [3.63, 3.8) is 0 Å². The third kappa shape index (κ3) is 6.74. The van der Waals surface area contributed by atoms with E-state index in [0.717, 1.165) is 55.0 Å².